The maximum atomic E-state index is 11.8. The molecule has 0 saturated heterocycles. The maximum Gasteiger partial charge on any atom is 0.238 e. The fraction of sp³-hybridized carbons (Fsp3) is 0.364. The van der Waals surface area contributed by atoms with Crippen molar-refractivity contribution in [2.24, 2.45) is 5.14 Å². The van der Waals surface area contributed by atoms with Gasteiger partial charge in [-0.1, -0.05) is 0 Å². The molecule has 0 radical (unpaired) electrons. The number of hydrogen-bond donors (Lipinski definition) is 2. The van der Waals surface area contributed by atoms with E-state index in [9.17, 15) is 8.42 Å². The van der Waals surface area contributed by atoms with Crippen LogP contribution in [0.2, 0.25) is 0 Å². The number of rotatable bonds is 10. The average Bonchev–Trinajstić information content (AvgIpc) is 3.20. The molecule has 0 aliphatic heterocycles. The van der Waals surface area contributed by atoms with Crippen LogP contribution in [-0.2, 0) is 10.0 Å². The topological polar surface area (TPSA) is 114 Å². The summed E-state index contributed by atoms with van der Waals surface area (Å²) in [5, 5.41) is 11.0. The summed E-state index contributed by atoms with van der Waals surface area (Å²) in [5.74, 6) is 1.41. The van der Waals surface area contributed by atoms with Crippen LogP contribution in [0.1, 0.15) is 13.8 Å². The Balaban J connectivity index is 1.79. The first kappa shape index (κ1) is 24.9. The number of thiazole rings is 1. The number of nitrogens with one attached hydrogen (secondary N) is 1. The standard InChI is InChI=1S/C22H30N6O3S2/c1-15(2)31-20-8-7-17(33(23,29)30)12-18(20)25-22-26-19(14-32-22)16-6-9-21(24-13-16)28(5)11-10-27(3)4/h6-9,12-15H,10-11H2,1-5H3,(H,25,26)(H2,23,29,30). The Morgan fingerprint density at radius 1 is 1.15 bits per heavy atom. The molecule has 2 heterocycles. The minimum atomic E-state index is -3.85. The molecule has 0 atom stereocenters. The van der Waals surface area contributed by atoms with E-state index in [1.165, 1.54) is 23.5 Å². The van der Waals surface area contributed by atoms with Crippen LogP contribution in [0.15, 0.2) is 46.8 Å². The van der Waals surface area contributed by atoms with Gasteiger partial charge in [-0.05, 0) is 58.3 Å². The molecule has 0 aliphatic rings. The normalized spacial score (nSPS) is 11.8. The number of sulfonamides is 1. The summed E-state index contributed by atoms with van der Waals surface area (Å²) in [4.78, 5) is 13.4. The lowest BCUT2D eigenvalue weighted by atomic mass is 10.2. The zero-order chi connectivity index (χ0) is 24.2. The predicted octanol–water partition coefficient (Wildman–Crippen LogP) is 3.38. The number of primary sulfonamides is 1. The number of nitrogens with two attached hydrogens (primary N) is 1. The minimum absolute atomic E-state index is 0.00365. The van der Waals surface area contributed by atoms with Crippen LogP contribution in [0.25, 0.3) is 11.3 Å². The second kappa shape index (κ2) is 10.5. The Kier molecular flexibility index (Phi) is 7.90. The van der Waals surface area contributed by atoms with Crippen LogP contribution >= 0.6 is 11.3 Å². The quantitative estimate of drug-likeness (QED) is 0.445. The molecular formula is C22H30N6O3S2. The Morgan fingerprint density at radius 2 is 1.91 bits per heavy atom. The third-order valence-corrected chi connectivity index (χ3v) is 6.37. The Morgan fingerprint density at radius 3 is 2.52 bits per heavy atom. The maximum absolute atomic E-state index is 11.8. The molecule has 178 valence electrons. The SMILES string of the molecule is CC(C)Oc1ccc(S(N)(=O)=O)cc1Nc1nc(-c2ccc(N(C)CCN(C)C)nc2)cs1. The molecule has 3 N–H and O–H groups in total. The van der Waals surface area contributed by atoms with E-state index in [1.54, 1.807) is 12.3 Å². The van der Waals surface area contributed by atoms with E-state index < -0.39 is 10.0 Å². The van der Waals surface area contributed by atoms with E-state index in [0.29, 0.717) is 16.6 Å². The summed E-state index contributed by atoms with van der Waals surface area (Å²) in [6, 6.07) is 8.43. The highest BCUT2D eigenvalue weighted by atomic mass is 32.2. The van der Waals surface area contributed by atoms with Gasteiger partial charge in [-0.15, -0.1) is 11.3 Å². The van der Waals surface area contributed by atoms with Crippen LogP contribution in [-0.4, -0.2) is 63.6 Å². The molecule has 0 fully saturated rings. The van der Waals surface area contributed by atoms with E-state index in [1.807, 2.05) is 52.5 Å². The van der Waals surface area contributed by atoms with Gasteiger partial charge in [0.2, 0.25) is 10.0 Å². The summed E-state index contributed by atoms with van der Waals surface area (Å²) in [7, 11) is 2.25. The van der Waals surface area contributed by atoms with Crippen molar-refractivity contribution < 1.29 is 13.2 Å². The van der Waals surface area contributed by atoms with Gasteiger partial charge in [-0.25, -0.2) is 23.5 Å². The first-order valence-corrected chi connectivity index (χ1v) is 12.8. The van der Waals surface area contributed by atoms with Crippen LogP contribution in [0.3, 0.4) is 0 Å². The predicted molar refractivity (Wildman–Crippen MR) is 134 cm³/mol. The molecule has 3 rings (SSSR count). The number of pyridine rings is 1. The molecule has 11 heteroatoms. The molecule has 0 spiro atoms. The van der Waals surface area contributed by atoms with E-state index in [2.05, 4.69) is 25.1 Å². The molecular weight excluding hydrogens is 460 g/mol. The third-order valence-electron chi connectivity index (χ3n) is 4.71. The number of ether oxygens (including phenoxy) is 1. The van der Waals surface area contributed by atoms with Crippen molar-refractivity contribution in [3.05, 3.63) is 41.9 Å². The lowest BCUT2D eigenvalue weighted by Crippen LogP contribution is -2.28. The molecule has 0 unspecified atom stereocenters. The van der Waals surface area contributed by atoms with Crippen LogP contribution in [0.4, 0.5) is 16.6 Å². The van der Waals surface area contributed by atoms with Gasteiger partial charge in [0.1, 0.15) is 11.6 Å². The van der Waals surface area contributed by atoms with E-state index >= 15 is 0 Å². The zero-order valence-corrected chi connectivity index (χ0v) is 21.1. The molecule has 9 nitrogen and oxygen atoms in total. The van der Waals surface area contributed by atoms with Gasteiger partial charge >= 0.3 is 0 Å². The summed E-state index contributed by atoms with van der Waals surface area (Å²) in [6.07, 6.45) is 1.72. The van der Waals surface area contributed by atoms with Gasteiger partial charge < -0.3 is 19.9 Å². The number of aromatic nitrogens is 2. The lowest BCUT2D eigenvalue weighted by molar-refractivity contribution is 0.243. The van der Waals surface area contributed by atoms with Crippen molar-refractivity contribution in [2.45, 2.75) is 24.8 Å². The van der Waals surface area contributed by atoms with Crippen LogP contribution in [0, 0.1) is 0 Å². The molecule has 0 aliphatic carbocycles. The smallest absolute Gasteiger partial charge is 0.238 e. The highest BCUT2D eigenvalue weighted by molar-refractivity contribution is 7.89. The summed E-state index contributed by atoms with van der Waals surface area (Å²) < 4.78 is 29.4. The van der Waals surface area contributed by atoms with E-state index in [0.717, 1.165) is 30.2 Å². The molecule has 2 aromatic heterocycles. The van der Waals surface area contributed by atoms with Gasteiger partial charge in [0.15, 0.2) is 5.13 Å². The summed E-state index contributed by atoms with van der Waals surface area (Å²) in [6.45, 7) is 5.61. The van der Waals surface area contributed by atoms with Gasteiger partial charge in [-0.3, -0.25) is 0 Å². The average molecular weight is 491 g/mol. The number of likely N-dealkylation sites (N-methyl/N-ethyl adjacent to an activating group) is 2. The van der Waals surface area contributed by atoms with Crippen LogP contribution < -0.4 is 20.1 Å². The minimum Gasteiger partial charge on any atom is -0.489 e. The molecule has 0 saturated carbocycles. The summed E-state index contributed by atoms with van der Waals surface area (Å²) in [5.41, 5.74) is 2.14. The number of benzene rings is 1. The van der Waals surface area contributed by atoms with Crippen molar-refractivity contribution in [1.29, 1.82) is 0 Å². The highest BCUT2D eigenvalue weighted by Gasteiger charge is 2.15. The molecule has 3 aromatic rings. The fourth-order valence-electron chi connectivity index (χ4n) is 2.95. The van der Waals surface area contributed by atoms with E-state index in [-0.39, 0.29) is 11.0 Å². The molecule has 1 aromatic carbocycles. The Bertz CT molecular complexity index is 1180. The molecule has 0 bridgehead atoms. The monoisotopic (exact) mass is 490 g/mol. The third kappa shape index (κ3) is 6.87. The van der Waals surface area contributed by atoms with Crippen molar-refractivity contribution in [2.75, 3.05) is 44.4 Å². The Hall–Kier alpha value is -2.73. The fourth-order valence-corrected chi connectivity index (χ4v) is 4.22. The van der Waals surface area contributed by atoms with Gasteiger partial charge in [0.05, 0.1) is 22.4 Å². The first-order chi connectivity index (χ1) is 15.5. The molecule has 0 amide bonds. The van der Waals surface area contributed by atoms with E-state index in [4.69, 9.17) is 9.88 Å². The number of hydrogen-bond acceptors (Lipinski definition) is 9. The second-order valence-corrected chi connectivity index (χ2v) is 10.6. The second-order valence-electron chi connectivity index (χ2n) is 8.16. The zero-order valence-electron chi connectivity index (χ0n) is 19.4. The van der Waals surface area contributed by atoms with Crippen LogP contribution in [0.5, 0.6) is 5.75 Å². The number of nitrogens with zero attached hydrogens (tertiary/aromatic N) is 4. The number of anilines is 3. The van der Waals surface area contributed by atoms with Crippen molar-refractivity contribution >= 4 is 38.0 Å². The molecule has 33 heavy (non-hydrogen) atoms. The van der Waals surface area contributed by atoms with Crippen molar-refractivity contribution in [3.63, 3.8) is 0 Å². The largest absolute Gasteiger partial charge is 0.489 e. The Labute approximate surface area is 199 Å². The van der Waals surface area contributed by atoms with Gasteiger partial charge in [0, 0.05) is 37.3 Å². The van der Waals surface area contributed by atoms with Crippen molar-refractivity contribution in [1.82, 2.24) is 14.9 Å². The van der Waals surface area contributed by atoms with Gasteiger partial charge in [-0.2, -0.15) is 0 Å². The van der Waals surface area contributed by atoms with Crippen molar-refractivity contribution in [3.8, 4) is 17.0 Å². The highest BCUT2D eigenvalue weighted by Crippen LogP contribution is 2.33. The van der Waals surface area contributed by atoms with Gasteiger partial charge in [0.25, 0.3) is 0 Å². The summed E-state index contributed by atoms with van der Waals surface area (Å²) >= 11 is 1.40. The lowest BCUT2D eigenvalue weighted by Gasteiger charge is -2.20. The first-order valence-electron chi connectivity index (χ1n) is 10.4.